The normalized spacial score (nSPS) is 26.9. The van der Waals surface area contributed by atoms with Crippen molar-refractivity contribution in [1.29, 1.82) is 0 Å². The smallest absolute Gasteiger partial charge is 0.306 e. The molecule has 0 spiro atoms. The number of carbonyl (C=O) groups is 1. The van der Waals surface area contributed by atoms with Crippen molar-refractivity contribution in [2.24, 2.45) is 5.92 Å². The lowest BCUT2D eigenvalue weighted by Gasteiger charge is -2.34. The summed E-state index contributed by atoms with van der Waals surface area (Å²) in [5.74, 6) is -0.353. The molecule has 0 unspecified atom stereocenters. The van der Waals surface area contributed by atoms with E-state index in [0.29, 0.717) is 25.7 Å². The first-order chi connectivity index (χ1) is 8.98. The molecule has 1 saturated carbocycles. The number of ether oxygens (including phenoxy) is 1. The molecule has 0 radical (unpaired) electrons. The van der Waals surface area contributed by atoms with Crippen LogP contribution >= 0.6 is 22.6 Å². The highest BCUT2D eigenvalue weighted by molar-refractivity contribution is 14.1. The van der Waals surface area contributed by atoms with Crippen LogP contribution in [-0.2, 0) is 4.79 Å². The van der Waals surface area contributed by atoms with Crippen molar-refractivity contribution in [2.75, 3.05) is 6.61 Å². The van der Waals surface area contributed by atoms with E-state index < -0.39 is 11.6 Å². The third kappa shape index (κ3) is 4.07. The van der Waals surface area contributed by atoms with Crippen molar-refractivity contribution >= 4 is 28.6 Å². The molecule has 1 aliphatic rings. The molecule has 4 nitrogen and oxygen atoms in total. The Morgan fingerprint density at radius 1 is 1.32 bits per heavy atom. The van der Waals surface area contributed by atoms with Crippen molar-refractivity contribution in [2.45, 2.75) is 31.3 Å². The van der Waals surface area contributed by atoms with Crippen molar-refractivity contribution in [3.8, 4) is 5.75 Å². The predicted molar refractivity (Wildman–Crippen MR) is 79.2 cm³/mol. The minimum absolute atomic E-state index is 0.222. The zero-order valence-electron chi connectivity index (χ0n) is 10.5. The van der Waals surface area contributed by atoms with E-state index in [0.717, 1.165) is 9.32 Å². The van der Waals surface area contributed by atoms with E-state index >= 15 is 0 Å². The fraction of sp³-hybridized carbons (Fsp3) is 0.500. The van der Waals surface area contributed by atoms with Crippen LogP contribution in [-0.4, -0.2) is 28.4 Å². The van der Waals surface area contributed by atoms with Gasteiger partial charge in [0, 0.05) is 3.57 Å². The van der Waals surface area contributed by atoms with Gasteiger partial charge in [-0.05, 0) is 72.5 Å². The van der Waals surface area contributed by atoms with Gasteiger partial charge >= 0.3 is 5.97 Å². The van der Waals surface area contributed by atoms with Crippen LogP contribution in [0.15, 0.2) is 24.3 Å². The van der Waals surface area contributed by atoms with Gasteiger partial charge in [0.1, 0.15) is 12.4 Å². The maximum Gasteiger partial charge on any atom is 0.306 e. The zero-order chi connectivity index (χ0) is 13.9. The highest BCUT2D eigenvalue weighted by Gasteiger charge is 2.36. The fourth-order valence-corrected chi connectivity index (χ4v) is 2.65. The van der Waals surface area contributed by atoms with Crippen molar-refractivity contribution in [1.82, 2.24) is 0 Å². The Kier molecular flexibility index (Phi) is 4.67. The Balaban J connectivity index is 1.86. The van der Waals surface area contributed by atoms with Crippen LogP contribution < -0.4 is 4.74 Å². The van der Waals surface area contributed by atoms with Gasteiger partial charge in [-0.3, -0.25) is 4.79 Å². The highest BCUT2D eigenvalue weighted by Crippen LogP contribution is 2.32. The first-order valence-corrected chi connectivity index (χ1v) is 7.40. The van der Waals surface area contributed by atoms with E-state index in [9.17, 15) is 9.90 Å². The SMILES string of the molecule is O=C(O)C1CCC(O)(COc2ccc(I)cc2)CC1. The van der Waals surface area contributed by atoms with Gasteiger partial charge in [0.2, 0.25) is 0 Å². The summed E-state index contributed by atoms with van der Waals surface area (Å²) in [6.07, 6.45) is 1.99. The molecule has 5 heteroatoms. The van der Waals surface area contributed by atoms with Gasteiger partial charge in [0.25, 0.3) is 0 Å². The van der Waals surface area contributed by atoms with E-state index in [1.54, 1.807) is 0 Å². The highest BCUT2D eigenvalue weighted by atomic mass is 127. The van der Waals surface area contributed by atoms with E-state index in [4.69, 9.17) is 9.84 Å². The lowest BCUT2D eigenvalue weighted by Crippen LogP contribution is -2.41. The summed E-state index contributed by atoms with van der Waals surface area (Å²) in [6.45, 7) is 0.222. The van der Waals surface area contributed by atoms with Crippen LogP contribution in [0.3, 0.4) is 0 Å². The standard InChI is InChI=1S/C14H17IO4/c15-11-1-3-12(4-2-11)19-9-14(18)7-5-10(6-8-14)13(16)17/h1-4,10,18H,5-9H2,(H,16,17). The van der Waals surface area contributed by atoms with Crippen molar-refractivity contribution < 1.29 is 19.7 Å². The minimum atomic E-state index is -0.894. The molecule has 1 aliphatic carbocycles. The van der Waals surface area contributed by atoms with E-state index in [2.05, 4.69) is 22.6 Å². The number of aliphatic hydroxyl groups is 1. The summed E-state index contributed by atoms with van der Waals surface area (Å²) < 4.78 is 6.73. The molecule has 0 bridgehead atoms. The van der Waals surface area contributed by atoms with Crippen molar-refractivity contribution in [3.05, 3.63) is 27.8 Å². The van der Waals surface area contributed by atoms with Gasteiger partial charge in [0.05, 0.1) is 11.5 Å². The summed E-state index contributed by atoms with van der Waals surface area (Å²) in [5, 5.41) is 19.3. The van der Waals surface area contributed by atoms with E-state index in [1.807, 2.05) is 24.3 Å². The third-order valence-corrected chi connectivity index (χ3v) is 4.31. The Labute approximate surface area is 125 Å². The van der Waals surface area contributed by atoms with E-state index in [1.165, 1.54) is 0 Å². The number of carboxylic acid groups (broad SMARTS) is 1. The fourth-order valence-electron chi connectivity index (χ4n) is 2.29. The largest absolute Gasteiger partial charge is 0.491 e. The van der Waals surface area contributed by atoms with Gasteiger partial charge in [-0.15, -0.1) is 0 Å². The van der Waals surface area contributed by atoms with Gasteiger partial charge < -0.3 is 14.9 Å². The summed E-state index contributed by atoms with van der Waals surface area (Å²) in [5.41, 5.74) is -0.894. The molecule has 2 N–H and O–H groups in total. The quantitative estimate of drug-likeness (QED) is 0.794. The minimum Gasteiger partial charge on any atom is -0.491 e. The molecule has 19 heavy (non-hydrogen) atoms. The molecule has 1 aromatic carbocycles. The molecule has 2 rings (SSSR count). The van der Waals surface area contributed by atoms with Crippen LogP contribution in [0, 0.1) is 9.49 Å². The van der Waals surface area contributed by atoms with Crippen LogP contribution in [0.25, 0.3) is 0 Å². The molecule has 104 valence electrons. The van der Waals surface area contributed by atoms with Gasteiger partial charge in [-0.2, -0.15) is 0 Å². The second kappa shape index (κ2) is 6.09. The first-order valence-electron chi connectivity index (χ1n) is 6.32. The number of carboxylic acids is 1. The maximum atomic E-state index is 10.9. The molecular weight excluding hydrogens is 359 g/mol. The summed E-state index contributed by atoms with van der Waals surface area (Å²) >= 11 is 2.22. The van der Waals surface area contributed by atoms with Gasteiger partial charge in [-0.1, -0.05) is 0 Å². The second-order valence-corrected chi connectivity index (χ2v) is 6.33. The topological polar surface area (TPSA) is 66.8 Å². The maximum absolute atomic E-state index is 10.9. The molecule has 0 aliphatic heterocycles. The number of benzene rings is 1. The average molecular weight is 376 g/mol. The van der Waals surface area contributed by atoms with Gasteiger partial charge in [-0.25, -0.2) is 0 Å². The lowest BCUT2D eigenvalue weighted by molar-refractivity contribution is -0.145. The molecule has 0 heterocycles. The molecular formula is C14H17IO4. The number of aliphatic carboxylic acids is 1. The van der Waals surface area contributed by atoms with Crippen LogP contribution in [0.5, 0.6) is 5.75 Å². The molecule has 1 aromatic rings. The van der Waals surface area contributed by atoms with Crippen LogP contribution in [0.1, 0.15) is 25.7 Å². The number of rotatable bonds is 4. The first kappa shape index (κ1) is 14.6. The monoisotopic (exact) mass is 376 g/mol. The lowest BCUT2D eigenvalue weighted by atomic mass is 9.79. The van der Waals surface area contributed by atoms with Gasteiger partial charge in [0.15, 0.2) is 0 Å². The number of halogens is 1. The number of hydrogen-bond donors (Lipinski definition) is 2. The predicted octanol–water partition coefficient (Wildman–Crippen LogP) is 2.68. The Hall–Kier alpha value is -0.820. The second-order valence-electron chi connectivity index (χ2n) is 5.08. The third-order valence-electron chi connectivity index (χ3n) is 3.59. The average Bonchev–Trinajstić information content (AvgIpc) is 2.39. The molecule has 0 atom stereocenters. The molecule has 0 aromatic heterocycles. The molecule has 1 fully saturated rings. The van der Waals surface area contributed by atoms with E-state index in [-0.39, 0.29) is 12.5 Å². The van der Waals surface area contributed by atoms with Crippen molar-refractivity contribution in [3.63, 3.8) is 0 Å². The zero-order valence-corrected chi connectivity index (χ0v) is 12.7. The number of hydrogen-bond acceptors (Lipinski definition) is 3. The Morgan fingerprint density at radius 2 is 1.89 bits per heavy atom. The summed E-state index contributed by atoms with van der Waals surface area (Å²) in [6, 6.07) is 7.63. The van der Waals surface area contributed by atoms with Crippen LogP contribution in [0.4, 0.5) is 0 Å². The molecule has 0 amide bonds. The summed E-state index contributed by atoms with van der Waals surface area (Å²) in [7, 11) is 0. The Morgan fingerprint density at radius 3 is 2.42 bits per heavy atom. The Bertz CT molecular complexity index is 435. The van der Waals surface area contributed by atoms with Crippen LogP contribution in [0.2, 0.25) is 0 Å². The summed E-state index contributed by atoms with van der Waals surface area (Å²) in [4.78, 5) is 10.9. The molecule has 0 saturated heterocycles.